The van der Waals surface area contributed by atoms with Gasteiger partial charge in [-0.1, -0.05) is 33.3 Å². The zero-order valence-electron chi connectivity index (χ0n) is 14.6. The van der Waals surface area contributed by atoms with Gasteiger partial charge in [-0.25, -0.2) is 0 Å². The molecule has 6 atom stereocenters. The van der Waals surface area contributed by atoms with E-state index in [2.05, 4.69) is 39.0 Å². The summed E-state index contributed by atoms with van der Waals surface area (Å²) in [5.41, 5.74) is 1.88. The van der Waals surface area contributed by atoms with E-state index in [4.69, 9.17) is 4.84 Å². The average Bonchev–Trinajstić information content (AvgIpc) is 3.00. The maximum Gasteiger partial charge on any atom is 0.0905 e. The van der Waals surface area contributed by atoms with Gasteiger partial charge in [0.2, 0.25) is 0 Å². The van der Waals surface area contributed by atoms with Gasteiger partial charge >= 0.3 is 0 Å². The van der Waals surface area contributed by atoms with E-state index in [-0.39, 0.29) is 23.7 Å². The molecule has 124 valence electrons. The van der Waals surface area contributed by atoms with Gasteiger partial charge in [0.1, 0.15) is 0 Å². The predicted octanol–water partition coefficient (Wildman–Crippen LogP) is 3.54. The van der Waals surface area contributed by atoms with Crippen molar-refractivity contribution in [2.24, 2.45) is 22.7 Å². The maximum atomic E-state index is 9.83. The zero-order valence-corrected chi connectivity index (χ0v) is 14.6. The molecule has 1 N–H and O–H groups in total. The van der Waals surface area contributed by atoms with Gasteiger partial charge in [0.15, 0.2) is 0 Å². The summed E-state index contributed by atoms with van der Waals surface area (Å²) in [4.78, 5) is 6.49. The average molecular weight is 305 g/mol. The molecule has 4 bridgehead atoms. The summed E-state index contributed by atoms with van der Waals surface area (Å²) in [5, 5.41) is 12.1. The fraction of sp³-hybridized carbons (Fsp3) is 0.895. The second kappa shape index (κ2) is 4.58. The van der Waals surface area contributed by atoms with Crippen LogP contribution >= 0.6 is 0 Å². The van der Waals surface area contributed by atoms with Crippen LogP contribution < -0.4 is 0 Å². The Morgan fingerprint density at radius 2 is 2.09 bits per heavy atom. The molecule has 4 aliphatic rings. The van der Waals surface area contributed by atoms with Crippen LogP contribution in [0.1, 0.15) is 59.3 Å². The van der Waals surface area contributed by atoms with Gasteiger partial charge in [-0.15, -0.1) is 0 Å². The van der Waals surface area contributed by atoms with Crippen molar-refractivity contribution in [2.45, 2.75) is 70.9 Å². The Labute approximate surface area is 134 Å². The smallest absolute Gasteiger partial charge is 0.0905 e. The minimum atomic E-state index is 0.180. The van der Waals surface area contributed by atoms with E-state index in [1.807, 2.05) is 0 Å². The first-order chi connectivity index (χ1) is 10.4. The van der Waals surface area contributed by atoms with E-state index in [9.17, 15) is 5.11 Å². The van der Waals surface area contributed by atoms with E-state index >= 15 is 0 Å². The minimum Gasteiger partial charge on any atom is -0.392 e. The van der Waals surface area contributed by atoms with Crippen molar-refractivity contribution in [3.8, 4) is 0 Å². The Morgan fingerprint density at radius 1 is 1.32 bits per heavy atom. The Kier molecular flexibility index (Phi) is 3.16. The molecule has 3 nitrogen and oxygen atoms in total. The first-order valence-corrected chi connectivity index (χ1v) is 9.13. The highest BCUT2D eigenvalue weighted by atomic mass is 16.7. The molecule has 0 radical (unpaired) electrons. The third-order valence-electron chi connectivity index (χ3n) is 8.42. The number of rotatable bonds is 1. The molecule has 2 saturated carbocycles. The number of nitrogens with zero attached hydrogens (tertiary/aromatic N) is 1. The molecule has 0 aromatic carbocycles. The normalized spacial score (nSPS) is 54.6. The quantitative estimate of drug-likeness (QED) is 0.752. The van der Waals surface area contributed by atoms with E-state index in [1.165, 1.54) is 37.7 Å². The van der Waals surface area contributed by atoms with Crippen LogP contribution in [0.25, 0.3) is 0 Å². The summed E-state index contributed by atoms with van der Waals surface area (Å²) in [5.74, 6) is 1.20. The number of aliphatic hydroxyl groups excluding tert-OH is 1. The summed E-state index contributed by atoms with van der Waals surface area (Å²) < 4.78 is 0. The lowest BCUT2D eigenvalue weighted by Gasteiger charge is -2.63. The van der Waals surface area contributed by atoms with Gasteiger partial charge < -0.3 is 5.11 Å². The van der Waals surface area contributed by atoms with Crippen molar-refractivity contribution in [1.29, 1.82) is 0 Å². The van der Waals surface area contributed by atoms with Crippen LogP contribution in [0.5, 0.6) is 0 Å². The number of hydrogen-bond acceptors (Lipinski definition) is 3. The topological polar surface area (TPSA) is 32.7 Å². The molecule has 1 heterocycles. The summed E-state index contributed by atoms with van der Waals surface area (Å²) in [6.45, 7) is 7.51. The van der Waals surface area contributed by atoms with Gasteiger partial charge in [0, 0.05) is 12.5 Å². The van der Waals surface area contributed by atoms with E-state index in [0.717, 1.165) is 6.42 Å². The van der Waals surface area contributed by atoms with Crippen LogP contribution in [-0.2, 0) is 4.84 Å². The van der Waals surface area contributed by atoms with Gasteiger partial charge in [0.05, 0.1) is 18.2 Å². The Bertz CT molecular complexity index is 518. The molecule has 0 amide bonds. The van der Waals surface area contributed by atoms with Gasteiger partial charge in [-0.2, -0.15) is 5.06 Å². The summed E-state index contributed by atoms with van der Waals surface area (Å²) in [6, 6.07) is 0. The largest absolute Gasteiger partial charge is 0.392 e. The summed E-state index contributed by atoms with van der Waals surface area (Å²) in [6.07, 6.45) is 10.0. The van der Waals surface area contributed by atoms with Crippen molar-refractivity contribution < 1.29 is 9.94 Å². The van der Waals surface area contributed by atoms with Crippen LogP contribution in [0.3, 0.4) is 0 Å². The van der Waals surface area contributed by atoms with Crippen LogP contribution in [0.15, 0.2) is 11.6 Å². The van der Waals surface area contributed by atoms with Gasteiger partial charge in [-0.3, -0.25) is 4.84 Å². The highest BCUT2D eigenvalue weighted by Gasteiger charge is 2.76. The maximum absolute atomic E-state index is 9.83. The van der Waals surface area contributed by atoms with Crippen molar-refractivity contribution in [3.63, 3.8) is 0 Å². The number of allylic oxidation sites excluding steroid dienone is 1. The molecule has 1 saturated heterocycles. The molecule has 4 rings (SSSR count). The second-order valence-corrected chi connectivity index (χ2v) is 8.66. The Morgan fingerprint density at radius 3 is 2.82 bits per heavy atom. The van der Waals surface area contributed by atoms with E-state index in [0.29, 0.717) is 17.3 Å². The lowest BCUT2D eigenvalue weighted by atomic mass is 9.43. The molecule has 3 unspecified atom stereocenters. The third-order valence-corrected chi connectivity index (χ3v) is 8.42. The standard InChI is InChI=1S/C19H31NO2/c1-13-6-9-18-7-5-8-19(18)17(13,3)16(22-20(19)4)11-15(12-21)10-14(18)2/h10,13-14,16,21H,5-9,11-12H2,1-4H3/t13?,14-,16+,17?,18?,19+/m0/s1. The molecular weight excluding hydrogens is 274 g/mol. The molecule has 3 aliphatic carbocycles. The van der Waals surface area contributed by atoms with Crippen molar-refractivity contribution in [3.05, 3.63) is 11.6 Å². The predicted molar refractivity (Wildman–Crippen MR) is 87.1 cm³/mol. The van der Waals surface area contributed by atoms with Crippen molar-refractivity contribution in [1.82, 2.24) is 5.06 Å². The first-order valence-electron chi connectivity index (χ1n) is 9.13. The molecular formula is C19H31NO2. The second-order valence-electron chi connectivity index (χ2n) is 8.66. The van der Waals surface area contributed by atoms with Crippen LogP contribution in [-0.4, -0.2) is 35.5 Å². The highest BCUT2D eigenvalue weighted by molar-refractivity contribution is 5.29. The van der Waals surface area contributed by atoms with Crippen LogP contribution in [0.2, 0.25) is 0 Å². The van der Waals surface area contributed by atoms with Crippen molar-refractivity contribution >= 4 is 0 Å². The molecule has 0 aromatic heterocycles. The molecule has 3 fully saturated rings. The van der Waals surface area contributed by atoms with Crippen LogP contribution in [0.4, 0.5) is 0 Å². The molecule has 0 aromatic rings. The monoisotopic (exact) mass is 305 g/mol. The lowest BCUT2D eigenvalue weighted by Crippen LogP contribution is -2.67. The third kappa shape index (κ3) is 1.40. The van der Waals surface area contributed by atoms with Crippen LogP contribution in [0, 0.1) is 22.7 Å². The van der Waals surface area contributed by atoms with Crippen molar-refractivity contribution in [2.75, 3.05) is 13.7 Å². The summed E-state index contributed by atoms with van der Waals surface area (Å²) in [7, 11) is 2.19. The number of hydroxylamine groups is 2. The van der Waals surface area contributed by atoms with Gasteiger partial charge in [-0.05, 0) is 54.9 Å². The number of hydrogen-bond donors (Lipinski definition) is 1. The fourth-order valence-electron chi connectivity index (χ4n) is 7.24. The molecule has 1 aliphatic heterocycles. The fourth-order valence-corrected chi connectivity index (χ4v) is 7.24. The SMILES string of the molecule is CC1CCC23CCC[C@]24N(C)O[C@H](CC(CO)=C[C@@H]3C)C14C. The summed E-state index contributed by atoms with van der Waals surface area (Å²) >= 11 is 0. The first kappa shape index (κ1) is 15.2. The molecule has 3 heteroatoms. The lowest BCUT2D eigenvalue weighted by molar-refractivity contribution is -0.205. The van der Waals surface area contributed by atoms with Gasteiger partial charge in [0.25, 0.3) is 0 Å². The number of aliphatic hydroxyl groups is 1. The van der Waals surface area contributed by atoms with E-state index < -0.39 is 0 Å². The Hall–Kier alpha value is -0.380. The van der Waals surface area contributed by atoms with E-state index in [1.54, 1.807) is 0 Å². The minimum absolute atomic E-state index is 0.180. The molecule has 22 heavy (non-hydrogen) atoms. The molecule has 1 spiro atoms. The zero-order chi connectivity index (χ0) is 15.8. The highest BCUT2D eigenvalue weighted by Crippen LogP contribution is 2.73. The Balaban J connectivity index is 1.98.